The Bertz CT molecular complexity index is 1190. The molecule has 2 unspecified atom stereocenters. The van der Waals surface area contributed by atoms with E-state index in [4.69, 9.17) is 0 Å². The van der Waals surface area contributed by atoms with Crippen LogP contribution in [0.5, 0.6) is 0 Å². The number of hydrogen-bond acceptors (Lipinski definition) is 5. The molecule has 0 aliphatic rings. The van der Waals surface area contributed by atoms with Crippen molar-refractivity contribution in [2.75, 3.05) is 0 Å². The second-order valence-electron chi connectivity index (χ2n) is 6.94. The van der Waals surface area contributed by atoms with Crippen molar-refractivity contribution in [1.29, 1.82) is 0 Å². The van der Waals surface area contributed by atoms with Gasteiger partial charge in [-0.3, -0.25) is 9.59 Å². The molecule has 3 N–H and O–H groups in total. The Morgan fingerprint density at radius 1 is 1.32 bits per heavy atom. The summed E-state index contributed by atoms with van der Waals surface area (Å²) >= 11 is 1.23. The van der Waals surface area contributed by atoms with Crippen molar-refractivity contribution in [3.05, 3.63) is 57.2 Å². The highest BCUT2D eigenvalue weighted by Gasteiger charge is 2.26. The Kier molecular flexibility index (Phi) is 4.72. The summed E-state index contributed by atoms with van der Waals surface area (Å²) in [6.45, 7) is 5.95. The zero-order valence-electron chi connectivity index (χ0n) is 15.9. The van der Waals surface area contributed by atoms with E-state index in [1.807, 2.05) is 24.3 Å². The lowest BCUT2D eigenvalue weighted by molar-refractivity contribution is 0.0924. The average molecular weight is 395 g/mol. The smallest absolute Gasteiger partial charge is 0.262 e. The molecular weight excluding hydrogens is 374 g/mol. The van der Waals surface area contributed by atoms with E-state index in [0.717, 1.165) is 23.3 Å². The van der Waals surface area contributed by atoms with Crippen LogP contribution in [0.2, 0.25) is 0 Å². The number of nitrogens with zero attached hydrogens (tertiary/aromatic N) is 2. The van der Waals surface area contributed by atoms with Crippen LogP contribution in [-0.4, -0.2) is 25.8 Å². The lowest BCUT2D eigenvalue weighted by Gasteiger charge is -2.22. The first-order chi connectivity index (χ1) is 13.5. The molecule has 3 heterocycles. The number of rotatable bonds is 5. The number of nitrogens with one attached hydrogen (secondary N) is 3. The maximum Gasteiger partial charge on any atom is 0.262 e. The summed E-state index contributed by atoms with van der Waals surface area (Å²) in [5, 5.41) is 3.59. The summed E-state index contributed by atoms with van der Waals surface area (Å²) in [5.41, 5.74) is 2.23. The fourth-order valence-electron chi connectivity index (χ4n) is 3.34. The number of imidazole rings is 1. The molecule has 0 aliphatic heterocycles. The first-order valence-corrected chi connectivity index (χ1v) is 10.0. The number of carbonyl (C=O) groups excluding carboxylic acids is 1. The van der Waals surface area contributed by atoms with Crippen LogP contribution >= 0.6 is 11.3 Å². The fraction of sp³-hybridized carbons (Fsp3) is 0.300. The van der Waals surface area contributed by atoms with Gasteiger partial charge >= 0.3 is 0 Å². The van der Waals surface area contributed by atoms with Gasteiger partial charge in [-0.2, -0.15) is 0 Å². The maximum absolute atomic E-state index is 13.1. The summed E-state index contributed by atoms with van der Waals surface area (Å²) in [6.07, 6.45) is 2.24. The summed E-state index contributed by atoms with van der Waals surface area (Å²) < 4.78 is 0. The minimum atomic E-state index is -0.263. The number of carbonyl (C=O) groups is 1. The highest BCUT2D eigenvalue weighted by Crippen LogP contribution is 2.29. The van der Waals surface area contributed by atoms with Gasteiger partial charge in [-0.05, 0) is 30.5 Å². The summed E-state index contributed by atoms with van der Waals surface area (Å²) in [4.78, 5) is 41.0. The molecule has 28 heavy (non-hydrogen) atoms. The van der Waals surface area contributed by atoms with Crippen molar-refractivity contribution < 1.29 is 4.79 Å². The van der Waals surface area contributed by atoms with Gasteiger partial charge in [0.25, 0.3) is 11.5 Å². The lowest BCUT2D eigenvalue weighted by Crippen LogP contribution is -2.33. The van der Waals surface area contributed by atoms with Crippen LogP contribution in [0.4, 0.5) is 0 Å². The molecule has 1 aromatic carbocycles. The molecule has 7 nitrogen and oxygen atoms in total. The van der Waals surface area contributed by atoms with Crippen LogP contribution in [-0.2, 0) is 0 Å². The first kappa shape index (κ1) is 18.4. The molecule has 0 radical (unpaired) electrons. The predicted molar refractivity (Wildman–Crippen MR) is 111 cm³/mol. The Morgan fingerprint density at radius 2 is 2.11 bits per heavy atom. The van der Waals surface area contributed by atoms with Gasteiger partial charge in [0.2, 0.25) is 0 Å². The summed E-state index contributed by atoms with van der Waals surface area (Å²) in [5.74, 6) is 0.699. The van der Waals surface area contributed by atoms with E-state index in [0.29, 0.717) is 20.7 Å². The van der Waals surface area contributed by atoms with E-state index in [9.17, 15) is 9.59 Å². The molecular formula is C20H21N5O2S. The fourth-order valence-corrected chi connectivity index (χ4v) is 4.39. The second-order valence-corrected chi connectivity index (χ2v) is 7.94. The topological polar surface area (TPSA) is 104 Å². The Morgan fingerprint density at radius 3 is 2.82 bits per heavy atom. The average Bonchev–Trinajstić information content (AvgIpc) is 3.27. The number of H-pyrrole nitrogens is 2. The zero-order valence-corrected chi connectivity index (χ0v) is 16.7. The molecule has 0 saturated heterocycles. The number of thiophene rings is 1. The SMILES string of the molecule is CCC(C)C(NC(=O)c1sc2nc[nH]c(=O)c2c1C)c1nc2ccccc2[nH]1. The van der Waals surface area contributed by atoms with Crippen molar-refractivity contribution in [3.63, 3.8) is 0 Å². The third-order valence-corrected chi connectivity index (χ3v) is 6.34. The second kappa shape index (κ2) is 7.20. The quantitative estimate of drug-likeness (QED) is 0.479. The summed E-state index contributed by atoms with van der Waals surface area (Å²) in [6, 6.07) is 7.54. The normalized spacial score (nSPS) is 13.7. The van der Waals surface area contributed by atoms with Crippen molar-refractivity contribution in [3.8, 4) is 0 Å². The molecule has 4 aromatic rings. The van der Waals surface area contributed by atoms with Gasteiger partial charge in [0.15, 0.2) is 0 Å². The molecule has 0 spiro atoms. The first-order valence-electron chi connectivity index (χ1n) is 9.21. The number of aromatic nitrogens is 4. The number of hydrogen-bond donors (Lipinski definition) is 3. The third-order valence-electron chi connectivity index (χ3n) is 5.14. The number of aromatic amines is 2. The molecule has 0 bridgehead atoms. The van der Waals surface area contributed by atoms with E-state index in [1.165, 1.54) is 17.7 Å². The third kappa shape index (κ3) is 3.09. The standard InChI is InChI=1S/C20H21N5O2S/c1-4-10(2)15(17-23-12-7-5-6-8-13(12)24-17)25-19(27)16-11(3)14-18(26)21-9-22-20(14)28-16/h5-10,15H,4H2,1-3H3,(H,23,24)(H,25,27)(H,21,22,26). The van der Waals surface area contributed by atoms with Crippen LogP contribution in [0.3, 0.4) is 0 Å². The number of para-hydroxylation sites is 2. The largest absolute Gasteiger partial charge is 0.341 e. The van der Waals surface area contributed by atoms with Crippen LogP contribution < -0.4 is 10.9 Å². The molecule has 0 aliphatic carbocycles. The highest BCUT2D eigenvalue weighted by atomic mass is 32.1. The van der Waals surface area contributed by atoms with Crippen LogP contribution in [0.15, 0.2) is 35.4 Å². The van der Waals surface area contributed by atoms with E-state index < -0.39 is 0 Å². The number of amides is 1. The number of aryl methyl sites for hydroxylation is 1. The molecule has 8 heteroatoms. The molecule has 2 atom stereocenters. The molecule has 0 fully saturated rings. The van der Waals surface area contributed by atoms with Gasteiger partial charge in [-0.15, -0.1) is 11.3 Å². The predicted octanol–water partition coefficient (Wildman–Crippen LogP) is 3.69. The number of benzene rings is 1. The van der Waals surface area contributed by atoms with Crippen LogP contribution in [0.25, 0.3) is 21.3 Å². The van der Waals surface area contributed by atoms with Crippen LogP contribution in [0, 0.1) is 12.8 Å². The van der Waals surface area contributed by atoms with Crippen LogP contribution in [0.1, 0.15) is 47.4 Å². The van der Waals surface area contributed by atoms with Crippen molar-refractivity contribution in [2.24, 2.45) is 5.92 Å². The minimum Gasteiger partial charge on any atom is -0.341 e. The summed E-state index contributed by atoms with van der Waals surface area (Å²) in [7, 11) is 0. The molecule has 4 rings (SSSR count). The minimum absolute atomic E-state index is 0.181. The van der Waals surface area contributed by atoms with Crippen molar-refractivity contribution >= 4 is 38.5 Å². The van der Waals surface area contributed by atoms with E-state index in [1.54, 1.807) is 6.92 Å². The van der Waals surface area contributed by atoms with Gasteiger partial charge < -0.3 is 15.3 Å². The maximum atomic E-state index is 13.1. The van der Waals surface area contributed by atoms with E-state index in [2.05, 4.69) is 39.1 Å². The van der Waals surface area contributed by atoms with Gasteiger partial charge in [-0.1, -0.05) is 32.4 Å². The number of fused-ring (bicyclic) bond motifs is 2. The molecule has 3 aromatic heterocycles. The highest BCUT2D eigenvalue weighted by molar-refractivity contribution is 7.20. The Balaban J connectivity index is 1.71. The lowest BCUT2D eigenvalue weighted by atomic mass is 9.98. The Labute approximate surface area is 165 Å². The van der Waals surface area contributed by atoms with Gasteiger partial charge in [0.05, 0.1) is 33.7 Å². The van der Waals surface area contributed by atoms with Gasteiger partial charge in [0.1, 0.15) is 10.7 Å². The monoisotopic (exact) mass is 395 g/mol. The van der Waals surface area contributed by atoms with Gasteiger partial charge in [-0.25, -0.2) is 9.97 Å². The van der Waals surface area contributed by atoms with E-state index >= 15 is 0 Å². The van der Waals surface area contributed by atoms with Crippen molar-refractivity contribution in [2.45, 2.75) is 33.2 Å². The molecule has 1 amide bonds. The van der Waals surface area contributed by atoms with E-state index in [-0.39, 0.29) is 23.4 Å². The molecule has 144 valence electrons. The zero-order chi connectivity index (χ0) is 19.8. The van der Waals surface area contributed by atoms with Crippen molar-refractivity contribution in [1.82, 2.24) is 25.3 Å². The molecule has 0 saturated carbocycles. The Hall–Kier alpha value is -3.00. The van der Waals surface area contributed by atoms with Gasteiger partial charge in [0, 0.05) is 0 Å².